The fourth-order valence-corrected chi connectivity index (χ4v) is 3.19. The Morgan fingerprint density at radius 2 is 2.23 bits per heavy atom. The van der Waals surface area contributed by atoms with Crippen LogP contribution in [-0.4, -0.2) is 41.6 Å². The Morgan fingerprint density at radius 3 is 2.91 bits per heavy atom. The van der Waals surface area contributed by atoms with E-state index in [0.717, 1.165) is 36.5 Å². The molecule has 22 heavy (non-hydrogen) atoms. The SMILES string of the molecule is Cc1noc(C)c1CCC(=O)NCCCN1CCCCC1C. The fraction of sp³-hybridized carbons (Fsp3) is 0.765. The van der Waals surface area contributed by atoms with Gasteiger partial charge in [-0.05, 0) is 53.0 Å². The number of rotatable bonds is 7. The van der Waals surface area contributed by atoms with E-state index in [2.05, 4.69) is 22.3 Å². The molecule has 5 heteroatoms. The van der Waals surface area contributed by atoms with E-state index < -0.39 is 0 Å². The van der Waals surface area contributed by atoms with Crippen LogP contribution in [0.25, 0.3) is 0 Å². The van der Waals surface area contributed by atoms with Crippen LogP contribution in [0.5, 0.6) is 0 Å². The number of hydrogen-bond acceptors (Lipinski definition) is 4. The van der Waals surface area contributed by atoms with E-state index in [1.54, 1.807) is 0 Å². The molecule has 0 spiro atoms. The van der Waals surface area contributed by atoms with Crippen LogP contribution < -0.4 is 5.32 Å². The third-order valence-corrected chi connectivity index (χ3v) is 4.67. The van der Waals surface area contributed by atoms with E-state index in [1.165, 1.54) is 25.8 Å². The highest BCUT2D eigenvalue weighted by Gasteiger charge is 2.17. The van der Waals surface area contributed by atoms with Crippen LogP contribution >= 0.6 is 0 Å². The molecule has 2 rings (SSSR count). The topological polar surface area (TPSA) is 58.4 Å². The van der Waals surface area contributed by atoms with Gasteiger partial charge in [0.2, 0.25) is 5.91 Å². The molecule has 0 saturated carbocycles. The molecule has 0 aromatic carbocycles. The molecule has 0 radical (unpaired) electrons. The quantitative estimate of drug-likeness (QED) is 0.787. The van der Waals surface area contributed by atoms with Gasteiger partial charge in [-0.1, -0.05) is 11.6 Å². The van der Waals surface area contributed by atoms with Gasteiger partial charge >= 0.3 is 0 Å². The summed E-state index contributed by atoms with van der Waals surface area (Å²) in [5, 5.41) is 6.94. The third-order valence-electron chi connectivity index (χ3n) is 4.67. The predicted molar refractivity (Wildman–Crippen MR) is 86.8 cm³/mol. The van der Waals surface area contributed by atoms with Gasteiger partial charge in [-0.2, -0.15) is 0 Å². The molecule has 124 valence electrons. The van der Waals surface area contributed by atoms with Crippen LogP contribution in [0.15, 0.2) is 4.52 Å². The highest BCUT2D eigenvalue weighted by Crippen LogP contribution is 2.16. The first-order chi connectivity index (χ1) is 10.6. The first-order valence-electron chi connectivity index (χ1n) is 8.50. The number of carbonyl (C=O) groups excluding carboxylic acids is 1. The molecule has 0 bridgehead atoms. The minimum Gasteiger partial charge on any atom is -0.361 e. The molecule has 1 atom stereocenters. The van der Waals surface area contributed by atoms with Crippen molar-refractivity contribution in [2.75, 3.05) is 19.6 Å². The Bertz CT molecular complexity index is 465. The highest BCUT2D eigenvalue weighted by molar-refractivity contribution is 5.76. The van der Waals surface area contributed by atoms with Gasteiger partial charge in [0.15, 0.2) is 0 Å². The molecular weight excluding hydrogens is 278 g/mol. The second-order valence-corrected chi connectivity index (χ2v) is 6.39. The molecule has 1 aliphatic heterocycles. The van der Waals surface area contributed by atoms with Crippen LogP contribution in [-0.2, 0) is 11.2 Å². The summed E-state index contributed by atoms with van der Waals surface area (Å²) in [5.74, 6) is 0.941. The number of hydrogen-bond donors (Lipinski definition) is 1. The van der Waals surface area contributed by atoms with Crippen molar-refractivity contribution in [3.05, 3.63) is 17.0 Å². The first kappa shape index (κ1) is 17.0. The normalized spacial score (nSPS) is 19.3. The smallest absolute Gasteiger partial charge is 0.220 e. The van der Waals surface area contributed by atoms with Crippen molar-refractivity contribution in [2.24, 2.45) is 0 Å². The minimum atomic E-state index is 0.117. The molecular formula is C17H29N3O2. The second kappa shape index (κ2) is 8.32. The van der Waals surface area contributed by atoms with Gasteiger partial charge < -0.3 is 14.7 Å². The van der Waals surface area contributed by atoms with Crippen LogP contribution in [0, 0.1) is 13.8 Å². The van der Waals surface area contributed by atoms with Crippen molar-refractivity contribution >= 4 is 5.91 Å². The Labute approximate surface area is 133 Å². The van der Waals surface area contributed by atoms with Crippen molar-refractivity contribution in [1.82, 2.24) is 15.4 Å². The van der Waals surface area contributed by atoms with E-state index >= 15 is 0 Å². The molecule has 1 saturated heterocycles. The van der Waals surface area contributed by atoms with Crippen LogP contribution in [0.2, 0.25) is 0 Å². The molecule has 1 aliphatic rings. The number of aromatic nitrogens is 1. The van der Waals surface area contributed by atoms with E-state index in [-0.39, 0.29) is 5.91 Å². The average molecular weight is 307 g/mol. The predicted octanol–water partition coefficient (Wildman–Crippen LogP) is 2.60. The molecule has 1 N–H and O–H groups in total. The van der Waals surface area contributed by atoms with E-state index in [9.17, 15) is 4.79 Å². The number of likely N-dealkylation sites (tertiary alicyclic amines) is 1. The van der Waals surface area contributed by atoms with E-state index in [0.29, 0.717) is 18.9 Å². The fourth-order valence-electron chi connectivity index (χ4n) is 3.19. The second-order valence-electron chi connectivity index (χ2n) is 6.39. The maximum absolute atomic E-state index is 11.9. The first-order valence-corrected chi connectivity index (χ1v) is 8.50. The summed E-state index contributed by atoms with van der Waals surface area (Å²) in [6, 6.07) is 0.698. The third kappa shape index (κ3) is 4.83. The van der Waals surface area contributed by atoms with E-state index in [1.807, 2.05) is 13.8 Å². The monoisotopic (exact) mass is 307 g/mol. The molecule has 1 unspecified atom stereocenters. The van der Waals surface area contributed by atoms with Crippen molar-refractivity contribution < 1.29 is 9.32 Å². The summed E-state index contributed by atoms with van der Waals surface area (Å²) in [7, 11) is 0. The Morgan fingerprint density at radius 1 is 1.41 bits per heavy atom. The lowest BCUT2D eigenvalue weighted by molar-refractivity contribution is -0.121. The summed E-state index contributed by atoms with van der Waals surface area (Å²) >= 11 is 0. The Kier molecular flexibility index (Phi) is 6.43. The maximum Gasteiger partial charge on any atom is 0.220 e. The zero-order valence-electron chi connectivity index (χ0n) is 14.2. The van der Waals surface area contributed by atoms with Gasteiger partial charge in [-0.3, -0.25) is 4.79 Å². The lowest BCUT2D eigenvalue weighted by atomic mass is 10.0. The zero-order chi connectivity index (χ0) is 15.9. The van der Waals surface area contributed by atoms with Crippen LogP contribution in [0.1, 0.15) is 56.0 Å². The number of nitrogens with zero attached hydrogens (tertiary/aromatic N) is 2. The van der Waals surface area contributed by atoms with Crippen molar-refractivity contribution in [3.63, 3.8) is 0 Å². The largest absolute Gasteiger partial charge is 0.361 e. The Balaban J connectivity index is 1.60. The van der Waals surface area contributed by atoms with Gasteiger partial charge in [0.1, 0.15) is 5.76 Å². The molecule has 1 aromatic rings. The highest BCUT2D eigenvalue weighted by atomic mass is 16.5. The number of piperidine rings is 1. The van der Waals surface area contributed by atoms with Gasteiger partial charge in [-0.15, -0.1) is 0 Å². The molecule has 2 heterocycles. The van der Waals surface area contributed by atoms with E-state index in [4.69, 9.17) is 4.52 Å². The molecule has 1 fully saturated rings. The number of amides is 1. The zero-order valence-corrected chi connectivity index (χ0v) is 14.2. The standard InChI is InChI=1S/C17H29N3O2/c1-13-7-4-5-11-20(13)12-6-10-18-17(21)9-8-16-14(2)19-22-15(16)3/h13H,4-12H2,1-3H3,(H,18,21). The van der Waals surface area contributed by atoms with Gasteiger partial charge in [0.25, 0.3) is 0 Å². The Hall–Kier alpha value is -1.36. The molecule has 0 aliphatic carbocycles. The van der Waals surface area contributed by atoms with Crippen molar-refractivity contribution in [3.8, 4) is 0 Å². The summed E-state index contributed by atoms with van der Waals surface area (Å²) in [6.45, 7) is 9.19. The lowest BCUT2D eigenvalue weighted by Gasteiger charge is -2.33. The molecule has 1 aromatic heterocycles. The minimum absolute atomic E-state index is 0.117. The van der Waals surface area contributed by atoms with Gasteiger partial charge in [-0.25, -0.2) is 0 Å². The lowest BCUT2D eigenvalue weighted by Crippen LogP contribution is -2.39. The number of aryl methyl sites for hydroxylation is 2. The van der Waals surface area contributed by atoms with Gasteiger partial charge in [0, 0.05) is 31.1 Å². The summed E-state index contributed by atoms with van der Waals surface area (Å²) in [4.78, 5) is 14.4. The summed E-state index contributed by atoms with van der Waals surface area (Å²) in [6.07, 6.45) is 6.22. The molecule has 1 amide bonds. The number of nitrogens with one attached hydrogen (secondary N) is 1. The van der Waals surface area contributed by atoms with Gasteiger partial charge in [0.05, 0.1) is 5.69 Å². The summed E-state index contributed by atoms with van der Waals surface area (Å²) < 4.78 is 5.12. The average Bonchev–Trinajstić information content (AvgIpc) is 2.82. The maximum atomic E-state index is 11.9. The van der Waals surface area contributed by atoms with Crippen LogP contribution in [0.4, 0.5) is 0 Å². The van der Waals surface area contributed by atoms with Crippen molar-refractivity contribution in [2.45, 2.75) is 65.3 Å². The van der Waals surface area contributed by atoms with Crippen molar-refractivity contribution in [1.29, 1.82) is 0 Å². The summed E-state index contributed by atoms with van der Waals surface area (Å²) in [5.41, 5.74) is 1.96. The molecule has 5 nitrogen and oxygen atoms in total. The van der Waals surface area contributed by atoms with Crippen LogP contribution in [0.3, 0.4) is 0 Å². The number of carbonyl (C=O) groups is 1.